The van der Waals surface area contributed by atoms with Gasteiger partial charge in [-0.25, -0.2) is 14.4 Å². The lowest BCUT2D eigenvalue weighted by Crippen LogP contribution is -2.69. The minimum atomic E-state index is -1.42. The predicted molar refractivity (Wildman–Crippen MR) is 146 cm³/mol. The number of fused-ring (bicyclic) bond motifs is 1. The Labute approximate surface area is 244 Å². The fourth-order valence-electron chi connectivity index (χ4n) is 4.73. The van der Waals surface area contributed by atoms with Crippen LogP contribution in [0, 0.1) is 0 Å². The lowest BCUT2D eigenvalue weighted by molar-refractivity contribution is -0.337. The number of carbonyl (C=O) groups is 3. The Bertz CT molecular complexity index is 1190. The van der Waals surface area contributed by atoms with Crippen molar-refractivity contribution >= 4 is 18.0 Å². The monoisotopic (exact) mass is 587 g/mol. The molecule has 12 heteroatoms. The van der Waals surface area contributed by atoms with E-state index in [9.17, 15) is 14.4 Å². The van der Waals surface area contributed by atoms with Crippen molar-refractivity contribution in [2.45, 2.75) is 69.2 Å². The molecule has 4 rings (SSSR count). The second-order valence-corrected chi connectivity index (χ2v) is 10.7. The van der Waals surface area contributed by atoms with E-state index < -0.39 is 66.5 Å². The molecule has 2 aliphatic rings. The summed E-state index contributed by atoms with van der Waals surface area (Å²) < 4.78 is 46.2. The topological polar surface area (TPSA) is 137 Å². The van der Waals surface area contributed by atoms with E-state index in [0.29, 0.717) is 5.56 Å². The van der Waals surface area contributed by atoms with Crippen LogP contribution in [-0.4, -0.2) is 87.8 Å². The van der Waals surface area contributed by atoms with Gasteiger partial charge in [0.25, 0.3) is 0 Å². The molecule has 2 aliphatic heterocycles. The van der Waals surface area contributed by atoms with E-state index in [4.69, 9.17) is 37.9 Å². The zero-order valence-corrected chi connectivity index (χ0v) is 24.2. The second kappa shape index (κ2) is 14.1. The normalized spacial score (nSPS) is 26.3. The van der Waals surface area contributed by atoms with Crippen LogP contribution in [0.25, 0.3) is 0 Å². The molecule has 0 aliphatic carbocycles. The maximum atomic E-state index is 13.3. The molecule has 1 amide bonds. The van der Waals surface area contributed by atoms with Crippen LogP contribution in [0.5, 0.6) is 0 Å². The maximum Gasteiger partial charge on any atom is 0.408 e. The minimum absolute atomic E-state index is 0.0252. The van der Waals surface area contributed by atoms with Gasteiger partial charge in [0, 0.05) is 12.7 Å². The van der Waals surface area contributed by atoms with Crippen LogP contribution in [0.1, 0.15) is 43.0 Å². The highest BCUT2D eigenvalue weighted by molar-refractivity contribution is 5.89. The van der Waals surface area contributed by atoms with Gasteiger partial charge < -0.3 is 43.2 Å². The average molecular weight is 588 g/mol. The molecule has 0 spiro atoms. The van der Waals surface area contributed by atoms with Gasteiger partial charge in [-0.15, -0.1) is 0 Å². The quantitative estimate of drug-likeness (QED) is 0.263. The second-order valence-electron chi connectivity index (χ2n) is 10.7. The van der Waals surface area contributed by atoms with Crippen LogP contribution in [-0.2, 0) is 42.7 Å². The lowest BCUT2D eigenvalue weighted by atomic mass is 9.90. The first-order valence-electron chi connectivity index (χ1n) is 13.5. The van der Waals surface area contributed by atoms with E-state index in [0.717, 1.165) is 5.56 Å². The van der Waals surface area contributed by atoms with Gasteiger partial charge in [0.05, 0.1) is 19.3 Å². The minimum Gasteiger partial charge on any atom is -0.467 e. The van der Waals surface area contributed by atoms with Crippen molar-refractivity contribution in [2.75, 3.05) is 27.6 Å². The standard InChI is InChI=1S/C30H37NO11/c1-30(2,3)42-29(34)31-21(27(33)36-5)23-24(38-17-35-4)25(40-26(32)18-12-8-6-9-13-18)22-20(39-23)16-37-28(41-22)19-14-10-7-11-15-19/h6-15,20-25,28H,16-17H2,1-5H3,(H,31,34)/t20-,21-,22-,23+,24+,25+,28-/m1/s1. The molecule has 0 radical (unpaired) electrons. The Hall–Kier alpha value is -3.55. The molecule has 7 atom stereocenters. The van der Waals surface area contributed by atoms with Crippen molar-refractivity contribution in [3.05, 3.63) is 71.8 Å². The van der Waals surface area contributed by atoms with Crippen LogP contribution in [0.3, 0.4) is 0 Å². The zero-order chi connectivity index (χ0) is 30.3. The van der Waals surface area contributed by atoms with Crippen LogP contribution in [0.15, 0.2) is 60.7 Å². The molecule has 2 aromatic rings. The number of methoxy groups -OCH3 is 2. The highest BCUT2D eigenvalue weighted by Gasteiger charge is 2.56. The lowest BCUT2D eigenvalue weighted by Gasteiger charge is -2.49. The summed E-state index contributed by atoms with van der Waals surface area (Å²) >= 11 is 0. The smallest absolute Gasteiger partial charge is 0.408 e. The number of amides is 1. The van der Waals surface area contributed by atoms with Crippen molar-refractivity contribution in [1.29, 1.82) is 0 Å². The molecule has 12 nitrogen and oxygen atoms in total. The summed E-state index contributed by atoms with van der Waals surface area (Å²) in [4.78, 5) is 39.2. The summed E-state index contributed by atoms with van der Waals surface area (Å²) in [6.45, 7) is 4.83. The van der Waals surface area contributed by atoms with Crippen molar-refractivity contribution in [3.8, 4) is 0 Å². The summed E-state index contributed by atoms with van der Waals surface area (Å²) in [7, 11) is 2.59. The van der Waals surface area contributed by atoms with Gasteiger partial charge >= 0.3 is 18.0 Å². The Kier molecular flexibility index (Phi) is 10.5. The third-order valence-electron chi connectivity index (χ3n) is 6.52. The van der Waals surface area contributed by atoms with Gasteiger partial charge in [-0.3, -0.25) is 0 Å². The van der Waals surface area contributed by atoms with Gasteiger partial charge in [-0.1, -0.05) is 48.5 Å². The van der Waals surface area contributed by atoms with E-state index in [-0.39, 0.29) is 13.4 Å². The molecular formula is C30H37NO11. The number of nitrogens with one attached hydrogen (secondary N) is 1. The first-order chi connectivity index (χ1) is 20.1. The summed E-state index contributed by atoms with van der Waals surface area (Å²) in [5, 5.41) is 2.53. The van der Waals surface area contributed by atoms with Crippen molar-refractivity contribution in [1.82, 2.24) is 5.32 Å². The Morgan fingerprint density at radius 2 is 1.62 bits per heavy atom. The number of esters is 2. The molecule has 0 unspecified atom stereocenters. The van der Waals surface area contributed by atoms with E-state index >= 15 is 0 Å². The number of hydrogen-bond donors (Lipinski definition) is 1. The number of benzene rings is 2. The first kappa shape index (κ1) is 31.4. The number of alkyl carbamates (subject to hydrolysis) is 1. The van der Waals surface area contributed by atoms with Crippen molar-refractivity contribution in [2.24, 2.45) is 0 Å². The summed E-state index contributed by atoms with van der Waals surface area (Å²) in [6, 6.07) is 16.3. The van der Waals surface area contributed by atoms with Crippen LogP contribution < -0.4 is 5.32 Å². The van der Waals surface area contributed by atoms with Crippen LogP contribution >= 0.6 is 0 Å². The third-order valence-corrected chi connectivity index (χ3v) is 6.52. The molecule has 228 valence electrons. The number of hydrogen-bond acceptors (Lipinski definition) is 11. The molecule has 2 aromatic carbocycles. The highest BCUT2D eigenvalue weighted by atomic mass is 16.7. The van der Waals surface area contributed by atoms with Gasteiger partial charge in [0.1, 0.15) is 36.8 Å². The SMILES string of the molecule is COCO[C@@H]1[C@@H](OC(=O)c2ccccc2)[C@@H]2O[C@H](c3ccccc3)OC[C@H]2O[C@H]1[C@@H](NC(=O)OC(C)(C)C)C(=O)OC. The summed E-state index contributed by atoms with van der Waals surface area (Å²) in [5.41, 5.74) is 0.200. The van der Waals surface area contributed by atoms with Gasteiger partial charge in [-0.05, 0) is 32.9 Å². The largest absolute Gasteiger partial charge is 0.467 e. The molecule has 0 saturated carbocycles. The van der Waals surface area contributed by atoms with Gasteiger partial charge in [0.15, 0.2) is 18.4 Å². The zero-order valence-electron chi connectivity index (χ0n) is 24.2. The predicted octanol–water partition coefficient (Wildman–Crippen LogP) is 3.15. The summed E-state index contributed by atoms with van der Waals surface area (Å²) in [6.07, 6.45) is -6.88. The van der Waals surface area contributed by atoms with Crippen LogP contribution in [0.2, 0.25) is 0 Å². The fourth-order valence-corrected chi connectivity index (χ4v) is 4.73. The molecular weight excluding hydrogens is 550 g/mol. The van der Waals surface area contributed by atoms with Gasteiger partial charge in [0.2, 0.25) is 0 Å². The molecule has 2 heterocycles. The van der Waals surface area contributed by atoms with E-state index in [1.165, 1.54) is 14.2 Å². The third kappa shape index (κ3) is 7.84. The Balaban J connectivity index is 1.71. The number of ether oxygens (including phenoxy) is 8. The van der Waals surface area contributed by atoms with Gasteiger partial charge in [-0.2, -0.15) is 0 Å². The van der Waals surface area contributed by atoms with E-state index in [1.54, 1.807) is 51.1 Å². The highest BCUT2D eigenvalue weighted by Crippen LogP contribution is 2.37. The molecule has 2 saturated heterocycles. The van der Waals surface area contributed by atoms with E-state index in [1.807, 2.05) is 30.3 Å². The van der Waals surface area contributed by atoms with Crippen molar-refractivity contribution in [3.63, 3.8) is 0 Å². The molecule has 42 heavy (non-hydrogen) atoms. The number of rotatable bonds is 9. The maximum absolute atomic E-state index is 13.3. The Morgan fingerprint density at radius 1 is 0.952 bits per heavy atom. The molecule has 0 aromatic heterocycles. The molecule has 0 bridgehead atoms. The average Bonchev–Trinajstić information content (AvgIpc) is 2.98. The van der Waals surface area contributed by atoms with E-state index in [2.05, 4.69) is 5.32 Å². The van der Waals surface area contributed by atoms with Crippen molar-refractivity contribution < 1.29 is 52.3 Å². The Morgan fingerprint density at radius 3 is 2.24 bits per heavy atom. The fraction of sp³-hybridized carbons (Fsp3) is 0.500. The first-order valence-corrected chi connectivity index (χ1v) is 13.5. The van der Waals surface area contributed by atoms with Crippen LogP contribution in [0.4, 0.5) is 4.79 Å². The number of carbonyl (C=O) groups excluding carboxylic acids is 3. The summed E-state index contributed by atoms with van der Waals surface area (Å²) in [5.74, 6) is -1.48. The molecule has 1 N–H and O–H groups in total. The molecule has 2 fully saturated rings.